The van der Waals surface area contributed by atoms with Gasteiger partial charge in [0.2, 0.25) is 0 Å². The molecular weight excluding hydrogens is 474 g/mol. The number of fused-ring (bicyclic) bond motifs is 2. The second-order valence-corrected chi connectivity index (χ2v) is 12.0. The van der Waals surface area contributed by atoms with Crippen molar-refractivity contribution in [2.45, 2.75) is 64.5 Å². The standard InChI is InChI=1S/C28H36BrN3O/c1-18-6-9-24-23(12-18)30-27(28(2,3)4)32(24)25-10-11-31(17-26(25)33-5)16-19-13-20-7-8-22(29)15-21(20)14-19/h6-9,12,15,19,25-26H,10-11,13-14,16-17H2,1-5H3/t19-,25+,26-/m0/s1. The summed E-state index contributed by atoms with van der Waals surface area (Å²) in [5, 5.41) is 0. The Morgan fingerprint density at radius 2 is 1.88 bits per heavy atom. The molecule has 0 spiro atoms. The molecule has 0 radical (unpaired) electrons. The normalized spacial score (nSPS) is 23.9. The number of imidazole rings is 1. The lowest BCUT2D eigenvalue weighted by Gasteiger charge is -2.41. The van der Waals surface area contributed by atoms with Crippen LogP contribution < -0.4 is 0 Å². The van der Waals surface area contributed by atoms with E-state index in [9.17, 15) is 0 Å². The summed E-state index contributed by atoms with van der Waals surface area (Å²) in [5.41, 5.74) is 6.62. The molecule has 0 N–H and O–H groups in total. The van der Waals surface area contributed by atoms with Gasteiger partial charge < -0.3 is 14.2 Å². The zero-order chi connectivity index (χ0) is 23.3. The van der Waals surface area contributed by atoms with Gasteiger partial charge in [-0.05, 0) is 73.1 Å². The lowest BCUT2D eigenvalue weighted by atomic mass is 9.93. The Kier molecular flexibility index (Phi) is 6.17. The monoisotopic (exact) mass is 509 g/mol. The maximum atomic E-state index is 6.14. The fraction of sp³-hybridized carbons (Fsp3) is 0.536. The number of piperidine rings is 1. The predicted molar refractivity (Wildman–Crippen MR) is 139 cm³/mol. The number of hydrogen-bond acceptors (Lipinski definition) is 3. The van der Waals surface area contributed by atoms with Gasteiger partial charge in [0.1, 0.15) is 5.82 Å². The molecule has 1 aliphatic carbocycles. The molecule has 0 amide bonds. The number of aromatic nitrogens is 2. The first-order valence-electron chi connectivity index (χ1n) is 12.2. The van der Waals surface area contributed by atoms with Crippen LogP contribution in [-0.4, -0.2) is 47.3 Å². The summed E-state index contributed by atoms with van der Waals surface area (Å²) in [7, 11) is 1.88. The Labute approximate surface area is 206 Å². The summed E-state index contributed by atoms with van der Waals surface area (Å²) < 4.78 is 9.84. The van der Waals surface area contributed by atoms with Crippen molar-refractivity contribution >= 4 is 27.0 Å². The SMILES string of the molecule is CO[C@H]1CN(C[C@H]2Cc3ccc(Br)cc3C2)CC[C@H]1n1c(C(C)(C)C)nc2cc(C)ccc21. The summed E-state index contributed by atoms with van der Waals surface area (Å²) in [6, 6.07) is 13.8. The van der Waals surface area contributed by atoms with E-state index in [4.69, 9.17) is 9.72 Å². The van der Waals surface area contributed by atoms with Gasteiger partial charge in [-0.1, -0.05) is 48.8 Å². The summed E-state index contributed by atoms with van der Waals surface area (Å²) in [4.78, 5) is 7.75. The van der Waals surface area contributed by atoms with Gasteiger partial charge in [0.25, 0.3) is 0 Å². The summed E-state index contributed by atoms with van der Waals surface area (Å²) in [6.07, 6.45) is 3.63. The number of nitrogens with zero attached hydrogens (tertiary/aromatic N) is 3. The molecule has 5 heteroatoms. The highest BCUT2D eigenvalue weighted by Crippen LogP contribution is 2.36. The van der Waals surface area contributed by atoms with Crippen LogP contribution in [0.15, 0.2) is 40.9 Å². The number of methoxy groups -OCH3 is 1. The molecule has 1 aliphatic heterocycles. The number of rotatable bonds is 4. The Hall–Kier alpha value is -1.69. The minimum atomic E-state index is -0.0216. The van der Waals surface area contributed by atoms with Crippen molar-refractivity contribution in [3.63, 3.8) is 0 Å². The van der Waals surface area contributed by atoms with Crippen LogP contribution in [0.25, 0.3) is 11.0 Å². The van der Waals surface area contributed by atoms with Gasteiger partial charge in [0, 0.05) is 36.6 Å². The maximum absolute atomic E-state index is 6.14. The molecule has 0 unspecified atom stereocenters. The Bertz CT molecular complexity index is 1160. The molecule has 0 bridgehead atoms. The van der Waals surface area contributed by atoms with Gasteiger partial charge in [0.15, 0.2) is 0 Å². The number of aryl methyl sites for hydroxylation is 1. The summed E-state index contributed by atoms with van der Waals surface area (Å²) in [5.74, 6) is 1.87. The van der Waals surface area contributed by atoms with Crippen molar-refractivity contribution in [2.75, 3.05) is 26.7 Å². The highest BCUT2D eigenvalue weighted by Gasteiger charge is 2.36. The first kappa shape index (κ1) is 23.1. The van der Waals surface area contributed by atoms with Crippen LogP contribution in [0.3, 0.4) is 0 Å². The molecule has 2 aliphatic rings. The lowest BCUT2D eigenvalue weighted by molar-refractivity contribution is -0.0101. The predicted octanol–water partition coefficient (Wildman–Crippen LogP) is 6.08. The molecule has 176 valence electrons. The van der Waals surface area contributed by atoms with Crippen LogP contribution in [0.5, 0.6) is 0 Å². The van der Waals surface area contributed by atoms with Gasteiger partial charge in [-0.25, -0.2) is 4.98 Å². The number of likely N-dealkylation sites (tertiary alicyclic amines) is 1. The average Bonchev–Trinajstić information content (AvgIpc) is 3.33. The van der Waals surface area contributed by atoms with E-state index in [0.717, 1.165) is 31.6 Å². The Morgan fingerprint density at radius 1 is 1.09 bits per heavy atom. The molecule has 4 nitrogen and oxygen atoms in total. The molecular formula is C28H36BrN3O. The zero-order valence-electron chi connectivity index (χ0n) is 20.6. The fourth-order valence-corrected chi connectivity index (χ4v) is 6.32. The number of halogens is 1. The van der Waals surface area contributed by atoms with Crippen molar-refractivity contribution in [3.05, 3.63) is 63.4 Å². The third-order valence-electron chi connectivity index (χ3n) is 7.46. The van der Waals surface area contributed by atoms with Gasteiger partial charge in [0.05, 0.1) is 23.2 Å². The van der Waals surface area contributed by atoms with E-state index in [1.54, 1.807) is 0 Å². The number of hydrogen-bond donors (Lipinski definition) is 0. The number of ether oxygens (including phenoxy) is 1. The van der Waals surface area contributed by atoms with Crippen molar-refractivity contribution in [3.8, 4) is 0 Å². The molecule has 3 atom stereocenters. The smallest absolute Gasteiger partial charge is 0.115 e. The first-order valence-corrected chi connectivity index (χ1v) is 13.0. The third kappa shape index (κ3) is 4.52. The summed E-state index contributed by atoms with van der Waals surface area (Å²) >= 11 is 3.63. The lowest BCUT2D eigenvalue weighted by Crippen LogP contribution is -2.47. The molecule has 2 heterocycles. The van der Waals surface area contributed by atoms with Gasteiger partial charge >= 0.3 is 0 Å². The fourth-order valence-electron chi connectivity index (χ4n) is 5.91. The largest absolute Gasteiger partial charge is 0.378 e. The maximum Gasteiger partial charge on any atom is 0.115 e. The van der Waals surface area contributed by atoms with Crippen molar-refractivity contribution in [2.24, 2.45) is 5.92 Å². The van der Waals surface area contributed by atoms with Crippen molar-refractivity contribution < 1.29 is 4.74 Å². The van der Waals surface area contributed by atoms with E-state index in [0.29, 0.717) is 12.0 Å². The van der Waals surface area contributed by atoms with Crippen LogP contribution in [0.1, 0.15) is 55.7 Å². The van der Waals surface area contributed by atoms with Crippen molar-refractivity contribution in [1.29, 1.82) is 0 Å². The molecule has 3 aromatic rings. The van der Waals surface area contributed by atoms with E-state index in [2.05, 4.69) is 89.5 Å². The highest BCUT2D eigenvalue weighted by atomic mass is 79.9. The van der Waals surface area contributed by atoms with Gasteiger partial charge in [-0.2, -0.15) is 0 Å². The van der Waals surface area contributed by atoms with E-state index in [1.165, 1.54) is 45.3 Å². The Morgan fingerprint density at radius 3 is 2.64 bits per heavy atom. The van der Waals surface area contributed by atoms with Crippen LogP contribution >= 0.6 is 15.9 Å². The molecule has 0 saturated carbocycles. The van der Waals surface area contributed by atoms with Crippen molar-refractivity contribution in [1.82, 2.24) is 14.5 Å². The second-order valence-electron chi connectivity index (χ2n) is 11.1. The molecule has 1 aromatic heterocycles. The molecule has 1 saturated heterocycles. The van der Waals surface area contributed by atoms with Crippen LogP contribution in [0, 0.1) is 12.8 Å². The number of benzene rings is 2. The topological polar surface area (TPSA) is 30.3 Å². The van der Waals surface area contributed by atoms with Crippen LogP contribution in [-0.2, 0) is 23.0 Å². The van der Waals surface area contributed by atoms with Gasteiger partial charge in [-0.3, -0.25) is 0 Å². The molecule has 1 fully saturated rings. The van der Waals surface area contributed by atoms with Crippen LogP contribution in [0.2, 0.25) is 0 Å². The van der Waals surface area contributed by atoms with E-state index >= 15 is 0 Å². The second kappa shape index (κ2) is 8.83. The molecule has 33 heavy (non-hydrogen) atoms. The van der Waals surface area contributed by atoms with E-state index < -0.39 is 0 Å². The van der Waals surface area contributed by atoms with E-state index in [-0.39, 0.29) is 11.5 Å². The minimum Gasteiger partial charge on any atom is -0.378 e. The quantitative estimate of drug-likeness (QED) is 0.426. The van der Waals surface area contributed by atoms with E-state index in [1.807, 2.05) is 7.11 Å². The minimum absolute atomic E-state index is 0.0216. The Balaban J connectivity index is 1.36. The molecule has 5 rings (SSSR count). The molecule has 2 aromatic carbocycles. The average molecular weight is 511 g/mol. The third-order valence-corrected chi connectivity index (χ3v) is 7.95. The van der Waals surface area contributed by atoms with Gasteiger partial charge in [-0.15, -0.1) is 0 Å². The summed E-state index contributed by atoms with van der Waals surface area (Å²) in [6.45, 7) is 12.2. The first-order chi connectivity index (χ1) is 15.7. The van der Waals surface area contributed by atoms with Crippen LogP contribution in [0.4, 0.5) is 0 Å². The zero-order valence-corrected chi connectivity index (χ0v) is 22.2. The highest BCUT2D eigenvalue weighted by molar-refractivity contribution is 9.10.